The van der Waals surface area contributed by atoms with Crippen LogP contribution in [0.15, 0.2) is 30.5 Å². The highest BCUT2D eigenvalue weighted by Gasteiger charge is 2.29. The molecular weight excluding hydrogens is 382 g/mol. The zero-order valence-corrected chi connectivity index (χ0v) is 17.9. The smallest absolute Gasteiger partial charge is 0.245 e. The van der Waals surface area contributed by atoms with E-state index in [9.17, 15) is 14.4 Å². The number of benzene rings is 1. The van der Waals surface area contributed by atoms with E-state index in [1.165, 1.54) is 6.92 Å². The highest BCUT2D eigenvalue weighted by Crippen LogP contribution is 2.20. The van der Waals surface area contributed by atoms with Gasteiger partial charge in [-0.15, -0.1) is 0 Å². The van der Waals surface area contributed by atoms with E-state index in [0.717, 1.165) is 16.5 Å². The van der Waals surface area contributed by atoms with Gasteiger partial charge >= 0.3 is 0 Å². The van der Waals surface area contributed by atoms with E-state index >= 15 is 0 Å². The summed E-state index contributed by atoms with van der Waals surface area (Å²) in [5, 5.41) is 6.77. The molecule has 0 aliphatic carbocycles. The fourth-order valence-electron chi connectivity index (χ4n) is 3.88. The summed E-state index contributed by atoms with van der Waals surface area (Å²) in [5.41, 5.74) is 2.01. The number of hydrogen-bond acceptors (Lipinski definition) is 4. The van der Waals surface area contributed by atoms with Crippen molar-refractivity contribution in [2.24, 2.45) is 0 Å². The van der Waals surface area contributed by atoms with Gasteiger partial charge in [-0.3, -0.25) is 19.3 Å². The lowest BCUT2D eigenvalue weighted by Gasteiger charge is -2.36. The van der Waals surface area contributed by atoms with Crippen molar-refractivity contribution >= 4 is 28.6 Å². The first-order valence-corrected chi connectivity index (χ1v) is 10.5. The highest BCUT2D eigenvalue weighted by molar-refractivity contribution is 5.89. The number of carbonyl (C=O) groups is 3. The van der Waals surface area contributed by atoms with Crippen molar-refractivity contribution in [3.8, 4) is 0 Å². The summed E-state index contributed by atoms with van der Waals surface area (Å²) in [4.78, 5) is 43.9. The van der Waals surface area contributed by atoms with Gasteiger partial charge < -0.3 is 20.5 Å². The standard InChI is InChI=1S/C22H31N5O3/c1-15(2)24-21(29)14-26-8-10-27(11-9-26)22(30)20(25-16(3)28)12-17-13-23-19-7-5-4-6-18(17)19/h4-7,13,15,20,23H,8-12,14H2,1-3H3,(H,24,29)(H,25,28)/t20-/m0/s1. The quantitative estimate of drug-likeness (QED) is 0.628. The lowest BCUT2D eigenvalue weighted by molar-refractivity contribution is -0.137. The Morgan fingerprint density at radius 3 is 2.43 bits per heavy atom. The number of aromatic amines is 1. The molecule has 30 heavy (non-hydrogen) atoms. The maximum atomic E-state index is 13.2. The Morgan fingerprint density at radius 2 is 1.77 bits per heavy atom. The van der Waals surface area contributed by atoms with Gasteiger partial charge in [0, 0.05) is 62.7 Å². The van der Waals surface area contributed by atoms with Crippen molar-refractivity contribution in [2.75, 3.05) is 32.7 Å². The Bertz CT molecular complexity index is 899. The number of nitrogens with zero attached hydrogens (tertiary/aromatic N) is 2. The van der Waals surface area contributed by atoms with Gasteiger partial charge in [-0.05, 0) is 25.5 Å². The maximum Gasteiger partial charge on any atom is 0.245 e. The minimum atomic E-state index is -0.613. The number of piperazine rings is 1. The first-order chi connectivity index (χ1) is 14.3. The summed E-state index contributed by atoms with van der Waals surface area (Å²) < 4.78 is 0. The van der Waals surface area contributed by atoms with Gasteiger partial charge in [-0.1, -0.05) is 18.2 Å². The number of hydrogen-bond donors (Lipinski definition) is 3. The second-order valence-corrected chi connectivity index (χ2v) is 8.14. The number of amides is 3. The number of nitrogens with one attached hydrogen (secondary N) is 3. The summed E-state index contributed by atoms with van der Waals surface area (Å²) in [6.07, 6.45) is 2.33. The minimum absolute atomic E-state index is 0.000218. The van der Waals surface area contributed by atoms with Crippen molar-refractivity contribution in [1.82, 2.24) is 25.4 Å². The molecule has 1 saturated heterocycles. The zero-order valence-electron chi connectivity index (χ0n) is 17.9. The first-order valence-electron chi connectivity index (χ1n) is 10.5. The van der Waals surface area contributed by atoms with Gasteiger partial charge in [0.2, 0.25) is 17.7 Å². The van der Waals surface area contributed by atoms with Crippen molar-refractivity contribution in [3.63, 3.8) is 0 Å². The first kappa shape index (κ1) is 21.8. The Balaban J connectivity index is 1.62. The van der Waals surface area contributed by atoms with Crippen LogP contribution in [0.1, 0.15) is 26.3 Å². The van der Waals surface area contributed by atoms with Gasteiger partial charge in [0.1, 0.15) is 6.04 Å². The number of carbonyl (C=O) groups excluding carboxylic acids is 3. The molecule has 3 amide bonds. The molecule has 162 valence electrons. The van der Waals surface area contributed by atoms with Crippen LogP contribution >= 0.6 is 0 Å². The molecule has 1 atom stereocenters. The molecular formula is C22H31N5O3. The van der Waals surface area contributed by atoms with Crippen LogP contribution in [0.4, 0.5) is 0 Å². The Labute approximate surface area is 177 Å². The SMILES string of the molecule is CC(=O)N[C@@H](Cc1c[nH]c2ccccc12)C(=O)N1CCN(CC(=O)NC(C)C)CC1. The monoisotopic (exact) mass is 413 g/mol. The molecule has 1 aromatic heterocycles. The van der Waals surface area contributed by atoms with Gasteiger partial charge in [0.25, 0.3) is 0 Å². The predicted octanol–water partition coefficient (Wildman–Crippen LogP) is 0.884. The third-order valence-electron chi connectivity index (χ3n) is 5.28. The third-order valence-corrected chi connectivity index (χ3v) is 5.28. The highest BCUT2D eigenvalue weighted by atomic mass is 16.2. The van der Waals surface area contributed by atoms with Crippen molar-refractivity contribution in [2.45, 2.75) is 39.3 Å². The van der Waals surface area contributed by atoms with Gasteiger partial charge in [-0.2, -0.15) is 0 Å². The number of H-pyrrole nitrogens is 1. The molecule has 1 aliphatic rings. The molecule has 2 aromatic rings. The molecule has 3 N–H and O–H groups in total. The van der Waals surface area contributed by atoms with Gasteiger partial charge in [0.05, 0.1) is 6.54 Å². The van der Waals surface area contributed by atoms with E-state index < -0.39 is 6.04 Å². The minimum Gasteiger partial charge on any atom is -0.361 e. The molecule has 1 fully saturated rings. The van der Waals surface area contributed by atoms with Crippen LogP contribution in [0, 0.1) is 0 Å². The predicted molar refractivity (Wildman–Crippen MR) is 116 cm³/mol. The summed E-state index contributed by atoms with van der Waals surface area (Å²) in [7, 11) is 0. The van der Waals surface area contributed by atoms with Crippen LogP contribution < -0.4 is 10.6 Å². The molecule has 0 saturated carbocycles. The number of para-hydroxylation sites is 1. The van der Waals surface area contributed by atoms with Crippen molar-refractivity contribution in [3.05, 3.63) is 36.0 Å². The van der Waals surface area contributed by atoms with Gasteiger partial charge in [0.15, 0.2) is 0 Å². The molecule has 1 aliphatic heterocycles. The van der Waals surface area contributed by atoms with E-state index in [0.29, 0.717) is 39.1 Å². The lowest BCUT2D eigenvalue weighted by Crippen LogP contribution is -2.56. The largest absolute Gasteiger partial charge is 0.361 e. The van der Waals surface area contributed by atoms with Crippen molar-refractivity contribution < 1.29 is 14.4 Å². The molecule has 0 bridgehead atoms. The van der Waals surface area contributed by atoms with Crippen LogP contribution in [-0.2, 0) is 20.8 Å². The third kappa shape index (κ3) is 5.60. The molecule has 1 aromatic carbocycles. The molecule has 3 rings (SSSR count). The molecule has 8 nitrogen and oxygen atoms in total. The average Bonchev–Trinajstić information content (AvgIpc) is 3.09. The van der Waals surface area contributed by atoms with Crippen LogP contribution in [0.2, 0.25) is 0 Å². The molecule has 8 heteroatoms. The van der Waals surface area contributed by atoms with E-state index in [-0.39, 0.29) is 23.8 Å². The fourth-order valence-corrected chi connectivity index (χ4v) is 3.88. The summed E-state index contributed by atoms with van der Waals surface area (Å²) >= 11 is 0. The van der Waals surface area contributed by atoms with E-state index in [1.807, 2.05) is 44.3 Å². The summed E-state index contributed by atoms with van der Waals surface area (Å²) in [6.45, 7) is 7.99. The normalized spacial score (nSPS) is 15.9. The average molecular weight is 414 g/mol. The van der Waals surface area contributed by atoms with Gasteiger partial charge in [-0.25, -0.2) is 0 Å². The topological polar surface area (TPSA) is 97.5 Å². The van der Waals surface area contributed by atoms with Crippen molar-refractivity contribution in [1.29, 1.82) is 0 Å². The summed E-state index contributed by atoms with van der Waals surface area (Å²) in [5.74, 6) is -0.306. The van der Waals surface area contributed by atoms with E-state index in [2.05, 4.69) is 20.5 Å². The Kier molecular flexibility index (Phi) is 7.10. The van der Waals surface area contributed by atoms with Crippen LogP contribution in [-0.4, -0.2) is 77.3 Å². The second-order valence-electron chi connectivity index (χ2n) is 8.14. The van der Waals surface area contributed by atoms with E-state index in [4.69, 9.17) is 0 Å². The Morgan fingerprint density at radius 1 is 1.07 bits per heavy atom. The molecule has 0 spiro atoms. The second kappa shape index (κ2) is 9.75. The van der Waals surface area contributed by atoms with Crippen LogP contribution in [0.5, 0.6) is 0 Å². The zero-order chi connectivity index (χ0) is 21.7. The number of aromatic nitrogens is 1. The molecule has 0 radical (unpaired) electrons. The maximum absolute atomic E-state index is 13.2. The Hall–Kier alpha value is -2.87. The summed E-state index contributed by atoms with van der Waals surface area (Å²) in [6, 6.07) is 7.42. The number of rotatable bonds is 7. The fraction of sp³-hybridized carbons (Fsp3) is 0.500. The van der Waals surface area contributed by atoms with E-state index in [1.54, 1.807) is 4.90 Å². The number of fused-ring (bicyclic) bond motifs is 1. The molecule has 2 heterocycles. The molecule has 0 unspecified atom stereocenters. The van der Waals surface area contributed by atoms with Crippen LogP contribution in [0.3, 0.4) is 0 Å². The lowest BCUT2D eigenvalue weighted by atomic mass is 10.0. The van der Waals surface area contributed by atoms with Crippen LogP contribution in [0.25, 0.3) is 10.9 Å².